The van der Waals surface area contributed by atoms with Crippen LogP contribution in [0.15, 0.2) is 12.1 Å². The molecule has 2 amide bonds. The summed E-state index contributed by atoms with van der Waals surface area (Å²) in [5, 5.41) is 2.82. The maximum Gasteiger partial charge on any atom is 0.340 e. The summed E-state index contributed by atoms with van der Waals surface area (Å²) < 4.78 is 20.9. The number of piperidine rings is 1. The van der Waals surface area contributed by atoms with Gasteiger partial charge in [0.15, 0.2) is 11.5 Å². The van der Waals surface area contributed by atoms with Crippen molar-refractivity contribution in [2.24, 2.45) is 0 Å². The van der Waals surface area contributed by atoms with Crippen LogP contribution in [-0.4, -0.2) is 75.3 Å². The zero-order valence-corrected chi connectivity index (χ0v) is 20.9. The highest BCUT2D eigenvalue weighted by Gasteiger charge is 2.27. The summed E-state index contributed by atoms with van der Waals surface area (Å²) >= 11 is 0. The van der Waals surface area contributed by atoms with Crippen molar-refractivity contribution in [1.82, 2.24) is 9.88 Å². The molecular formula is C25H33N3O7. The molecule has 2 N–H and O–H groups in total. The fraction of sp³-hybridized carbons (Fsp3) is 0.480. The molecule has 190 valence electrons. The Labute approximate surface area is 204 Å². The molecule has 1 saturated heterocycles. The highest BCUT2D eigenvalue weighted by Crippen LogP contribution is 2.35. The number of aryl methyl sites for hydroxylation is 1. The lowest BCUT2D eigenvalue weighted by atomic mass is 10.1. The zero-order valence-electron chi connectivity index (χ0n) is 20.9. The van der Waals surface area contributed by atoms with Crippen LogP contribution < -0.4 is 14.8 Å². The van der Waals surface area contributed by atoms with E-state index in [0.29, 0.717) is 52.7 Å². The van der Waals surface area contributed by atoms with Crippen LogP contribution in [0.4, 0.5) is 5.69 Å². The van der Waals surface area contributed by atoms with Crippen molar-refractivity contribution in [2.75, 3.05) is 52.9 Å². The van der Waals surface area contributed by atoms with E-state index < -0.39 is 11.9 Å². The zero-order chi connectivity index (χ0) is 25.5. The summed E-state index contributed by atoms with van der Waals surface area (Å²) in [6.45, 7) is 5.05. The van der Waals surface area contributed by atoms with Crippen LogP contribution in [0.25, 0.3) is 0 Å². The maximum atomic E-state index is 13.3. The Kier molecular flexibility index (Phi) is 8.75. The molecule has 0 atom stereocenters. The van der Waals surface area contributed by atoms with Crippen LogP contribution >= 0.6 is 0 Å². The first kappa shape index (κ1) is 26.1. The number of esters is 1. The lowest BCUT2D eigenvalue weighted by molar-refractivity contribution is 0.0386. The molecule has 0 spiro atoms. The van der Waals surface area contributed by atoms with E-state index >= 15 is 0 Å². The van der Waals surface area contributed by atoms with Crippen molar-refractivity contribution in [3.8, 4) is 11.5 Å². The van der Waals surface area contributed by atoms with Crippen molar-refractivity contribution in [1.29, 1.82) is 0 Å². The van der Waals surface area contributed by atoms with Crippen LogP contribution in [0.2, 0.25) is 0 Å². The molecule has 3 rings (SSSR count). The number of nitrogens with one attached hydrogen (secondary N) is 2. The minimum atomic E-state index is -0.542. The molecule has 1 aromatic carbocycles. The first-order valence-corrected chi connectivity index (χ1v) is 11.5. The van der Waals surface area contributed by atoms with Crippen LogP contribution in [0.3, 0.4) is 0 Å². The second kappa shape index (κ2) is 11.7. The third kappa shape index (κ3) is 5.76. The Morgan fingerprint density at radius 3 is 2.26 bits per heavy atom. The number of amides is 2. The van der Waals surface area contributed by atoms with Gasteiger partial charge < -0.3 is 34.1 Å². The summed E-state index contributed by atoms with van der Waals surface area (Å²) in [5.74, 6) is -0.470. The Morgan fingerprint density at radius 1 is 0.971 bits per heavy atom. The number of carbonyl (C=O) groups excluding carboxylic acids is 3. The lowest BCUT2D eigenvalue weighted by Gasteiger charge is -2.28. The number of likely N-dealkylation sites (tertiary alicyclic amines) is 1. The van der Waals surface area contributed by atoms with Gasteiger partial charge in [-0.2, -0.15) is 0 Å². The topological polar surface area (TPSA) is 119 Å². The molecule has 10 heteroatoms. The van der Waals surface area contributed by atoms with Crippen LogP contribution in [-0.2, 0) is 9.47 Å². The van der Waals surface area contributed by atoms with Gasteiger partial charge in [-0.05, 0) is 44.7 Å². The van der Waals surface area contributed by atoms with Crippen LogP contribution in [0, 0.1) is 13.8 Å². The molecule has 0 radical (unpaired) electrons. The molecular weight excluding hydrogens is 454 g/mol. The van der Waals surface area contributed by atoms with Gasteiger partial charge in [-0.1, -0.05) is 0 Å². The van der Waals surface area contributed by atoms with E-state index in [1.165, 1.54) is 21.3 Å². The van der Waals surface area contributed by atoms with Crippen molar-refractivity contribution in [2.45, 2.75) is 33.1 Å². The number of carbonyl (C=O) groups is 3. The number of H-pyrrole nitrogens is 1. The van der Waals surface area contributed by atoms with Gasteiger partial charge in [-0.25, -0.2) is 4.79 Å². The average Bonchev–Trinajstić information content (AvgIpc) is 3.17. The normalized spacial score (nSPS) is 13.3. The number of aromatic nitrogens is 1. The molecule has 1 fully saturated rings. The highest BCUT2D eigenvalue weighted by atomic mass is 16.6. The third-order valence-electron chi connectivity index (χ3n) is 6.03. The SMILES string of the molecule is COCCOC(=O)c1c(C)[nH]c(C(=O)Nc2cc(OC)c(OC)cc2C(=O)N2CCCCC2)c1C. The first-order chi connectivity index (χ1) is 16.8. The number of hydrogen-bond acceptors (Lipinski definition) is 7. The van der Waals surface area contributed by atoms with E-state index in [9.17, 15) is 14.4 Å². The van der Waals surface area contributed by atoms with E-state index in [-0.39, 0.29) is 24.8 Å². The molecule has 1 aliphatic rings. The summed E-state index contributed by atoms with van der Waals surface area (Å²) in [6, 6.07) is 3.15. The van der Waals surface area contributed by atoms with Gasteiger partial charge in [-0.15, -0.1) is 0 Å². The van der Waals surface area contributed by atoms with Crippen LogP contribution in [0.5, 0.6) is 11.5 Å². The summed E-state index contributed by atoms with van der Waals surface area (Å²) in [7, 11) is 4.49. The molecule has 2 heterocycles. The molecule has 0 saturated carbocycles. The molecule has 0 aliphatic carbocycles. The Hall–Kier alpha value is -3.53. The van der Waals surface area contributed by atoms with Crippen LogP contribution in [0.1, 0.15) is 61.7 Å². The number of methoxy groups -OCH3 is 3. The predicted octanol–water partition coefficient (Wildman–Crippen LogP) is 3.33. The first-order valence-electron chi connectivity index (χ1n) is 11.5. The van der Waals surface area contributed by atoms with Crippen molar-refractivity contribution < 1.29 is 33.3 Å². The number of hydrogen-bond donors (Lipinski definition) is 2. The van der Waals surface area contributed by atoms with Gasteiger partial charge in [0, 0.05) is 32.0 Å². The van der Waals surface area contributed by atoms with Crippen molar-refractivity contribution in [3.05, 3.63) is 40.2 Å². The average molecular weight is 488 g/mol. The molecule has 0 unspecified atom stereocenters. The summed E-state index contributed by atoms with van der Waals surface area (Å²) in [5.41, 5.74) is 2.05. The van der Waals surface area contributed by atoms with E-state index in [1.54, 1.807) is 30.9 Å². The number of benzene rings is 1. The van der Waals surface area contributed by atoms with Gasteiger partial charge in [0.05, 0.1) is 37.6 Å². The number of rotatable bonds is 9. The van der Waals surface area contributed by atoms with E-state index in [0.717, 1.165) is 19.3 Å². The third-order valence-corrected chi connectivity index (χ3v) is 6.03. The largest absolute Gasteiger partial charge is 0.493 e. The van der Waals surface area contributed by atoms with E-state index in [4.69, 9.17) is 18.9 Å². The van der Waals surface area contributed by atoms with Crippen molar-refractivity contribution in [3.63, 3.8) is 0 Å². The molecule has 0 bridgehead atoms. The highest BCUT2D eigenvalue weighted by molar-refractivity contribution is 6.10. The minimum absolute atomic E-state index is 0.106. The smallest absolute Gasteiger partial charge is 0.340 e. The lowest BCUT2D eigenvalue weighted by Crippen LogP contribution is -2.36. The minimum Gasteiger partial charge on any atom is -0.493 e. The van der Waals surface area contributed by atoms with Crippen molar-refractivity contribution >= 4 is 23.5 Å². The second-order valence-corrected chi connectivity index (χ2v) is 8.31. The fourth-order valence-corrected chi connectivity index (χ4v) is 4.18. The molecule has 1 aromatic heterocycles. The summed E-state index contributed by atoms with van der Waals surface area (Å²) in [4.78, 5) is 43.9. The van der Waals surface area contributed by atoms with E-state index in [1.807, 2.05) is 0 Å². The molecule has 35 heavy (non-hydrogen) atoms. The monoisotopic (exact) mass is 487 g/mol. The number of ether oxygens (including phenoxy) is 4. The number of aromatic amines is 1. The van der Waals surface area contributed by atoms with Gasteiger partial charge in [-0.3, -0.25) is 9.59 Å². The molecule has 2 aromatic rings. The molecule has 10 nitrogen and oxygen atoms in total. The van der Waals surface area contributed by atoms with Gasteiger partial charge in [0.2, 0.25) is 0 Å². The van der Waals surface area contributed by atoms with Gasteiger partial charge in [0.1, 0.15) is 12.3 Å². The number of nitrogens with zero attached hydrogens (tertiary/aromatic N) is 1. The summed E-state index contributed by atoms with van der Waals surface area (Å²) in [6.07, 6.45) is 2.96. The predicted molar refractivity (Wildman–Crippen MR) is 130 cm³/mol. The van der Waals surface area contributed by atoms with Gasteiger partial charge >= 0.3 is 5.97 Å². The maximum absolute atomic E-state index is 13.3. The van der Waals surface area contributed by atoms with E-state index in [2.05, 4.69) is 10.3 Å². The molecule has 1 aliphatic heterocycles. The second-order valence-electron chi connectivity index (χ2n) is 8.31. The Morgan fingerprint density at radius 2 is 1.63 bits per heavy atom. The fourth-order valence-electron chi connectivity index (χ4n) is 4.18. The number of anilines is 1. The Balaban J connectivity index is 1.93. The Bertz CT molecular complexity index is 1090. The standard InChI is InChI=1S/C25H33N3O7/c1-15-21(25(31)35-12-11-32-3)16(2)26-22(15)23(29)27-18-14-20(34-5)19(33-4)13-17(18)24(30)28-9-7-6-8-10-28/h13-14,26H,6-12H2,1-5H3,(H,27,29). The van der Waals surface area contributed by atoms with Gasteiger partial charge in [0.25, 0.3) is 11.8 Å². The quantitative estimate of drug-likeness (QED) is 0.411.